The molecule has 0 radical (unpaired) electrons. The molecular weight excluding hydrogens is 228 g/mol. The predicted octanol–water partition coefficient (Wildman–Crippen LogP) is 6.13. The maximum absolute atomic E-state index is 2.37. The van der Waals surface area contributed by atoms with E-state index in [2.05, 4.69) is 64.1 Å². The third-order valence-corrected chi connectivity index (χ3v) is 4.10. The molecule has 0 amide bonds. The van der Waals surface area contributed by atoms with E-state index in [0.29, 0.717) is 0 Å². The summed E-state index contributed by atoms with van der Waals surface area (Å²) in [5, 5.41) is 0. The first-order chi connectivity index (χ1) is 9.19. The lowest BCUT2D eigenvalue weighted by atomic mass is 9.77. The van der Waals surface area contributed by atoms with Crippen molar-refractivity contribution in [2.24, 2.45) is 0 Å². The van der Waals surface area contributed by atoms with Crippen LogP contribution < -0.4 is 0 Å². The largest absolute Gasteiger partial charge is 0.0829 e. The van der Waals surface area contributed by atoms with Crippen LogP contribution in [0.4, 0.5) is 0 Å². The van der Waals surface area contributed by atoms with Crippen LogP contribution in [0.25, 0.3) is 5.57 Å². The van der Waals surface area contributed by atoms with Crippen molar-refractivity contribution in [1.29, 1.82) is 0 Å². The number of fused-ring (bicyclic) bond motifs is 1. The van der Waals surface area contributed by atoms with E-state index < -0.39 is 0 Å². The average Bonchev–Trinajstić information content (AvgIpc) is 2.72. The third kappa shape index (κ3) is 2.54. The standard InChI is InChI=1S/C17H22.C2H6/c1-5-10-13-14-11-8-9-12-16(14)17(4,7-3)15(13)6-2;1-2/h6,8-12H,5,7H2,1-4H3;1-2H3/b13-10-,15-6+;. The van der Waals surface area contributed by atoms with Crippen molar-refractivity contribution in [2.75, 3.05) is 0 Å². The first-order valence-electron chi connectivity index (χ1n) is 7.66. The Bertz CT molecular complexity index is 477. The highest BCUT2D eigenvalue weighted by atomic mass is 14.4. The maximum atomic E-state index is 2.37. The van der Waals surface area contributed by atoms with Crippen LogP contribution in [0.5, 0.6) is 0 Å². The molecule has 0 spiro atoms. The highest BCUT2D eigenvalue weighted by Crippen LogP contribution is 2.51. The SMILES string of the molecule is C/C=C1\C(=C/CC)c2ccccc2C1(C)CC.CC. The van der Waals surface area contributed by atoms with E-state index in [9.17, 15) is 0 Å². The minimum atomic E-state index is 0.201. The molecule has 0 fully saturated rings. The number of benzene rings is 1. The van der Waals surface area contributed by atoms with Crippen molar-refractivity contribution in [2.45, 2.75) is 59.8 Å². The summed E-state index contributed by atoms with van der Waals surface area (Å²) in [5.41, 5.74) is 6.09. The van der Waals surface area contributed by atoms with Crippen LogP contribution in [-0.4, -0.2) is 0 Å². The van der Waals surface area contributed by atoms with Gasteiger partial charge in [0.1, 0.15) is 0 Å². The summed E-state index contributed by atoms with van der Waals surface area (Å²) in [6, 6.07) is 8.87. The lowest BCUT2D eigenvalue weighted by Gasteiger charge is -2.26. The van der Waals surface area contributed by atoms with E-state index in [0.717, 1.165) is 12.8 Å². The minimum absolute atomic E-state index is 0.201. The number of hydrogen-bond donors (Lipinski definition) is 0. The zero-order chi connectivity index (χ0) is 14.5. The summed E-state index contributed by atoms with van der Waals surface area (Å²) in [6.45, 7) is 13.0. The fourth-order valence-electron chi connectivity index (χ4n) is 3.07. The van der Waals surface area contributed by atoms with Gasteiger partial charge >= 0.3 is 0 Å². The fraction of sp³-hybridized carbons (Fsp3) is 0.474. The Kier molecular flexibility index (Phi) is 5.60. The first kappa shape index (κ1) is 15.8. The van der Waals surface area contributed by atoms with Crippen molar-refractivity contribution in [3.8, 4) is 0 Å². The first-order valence-corrected chi connectivity index (χ1v) is 7.66. The van der Waals surface area contributed by atoms with Gasteiger partial charge in [0.2, 0.25) is 0 Å². The van der Waals surface area contributed by atoms with E-state index in [4.69, 9.17) is 0 Å². The Hall–Kier alpha value is -1.30. The molecule has 1 aliphatic carbocycles. The molecule has 104 valence electrons. The molecule has 1 unspecified atom stereocenters. The second kappa shape index (κ2) is 6.75. The lowest BCUT2D eigenvalue weighted by Crippen LogP contribution is -2.19. The molecule has 1 atom stereocenters. The second-order valence-electron chi connectivity index (χ2n) is 4.96. The average molecular weight is 256 g/mol. The van der Waals surface area contributed by atoms with Crippen LogP contribution in [-0.2, 0) is 5.41 Å². The van der Waals surface area contributed by atoms with E-state index in [-0.39, 0.29) is 5.41 Å². The van der Waals surface area contributed by atoms with Crippen molar-refractivity contribution in [3.05, 3.63) is 53.1 Å². The van der Waals surface area contributed by atoms with Crippen LogP contribution in [0.3, 0.4) is 0 Å². The van der Waals surface area contributed by atoms with Crippen molar-refractivity contribution in [3.63, 3.8) is 0 Å². The molecule has 0 heterocycles. The Balaban J connectivity index is 0.000000861. The number of hydrogen-bond acceptors (Lipinski definition) is 0. The van der Waals surface area contributed by atoms with E-state index >= 15 is 0 Å². The molecule has 0 heteroatoms. The molecule has 1 aliphatic rings. The van der Waals surface area contributed by atoms with Gasteiger partial charge in [-0.1, -0.05) is 71.0 Å². The zero-order valence-electron chi connectivity index (χ0n) is 13.4. The van der Waals surface area contributed by atoms with Crippen LogP contribution >= 0.6 is 0 Å². The molecule has 0 bridgehead atoms. The Morgan fingerprint density at radius 3 is 2.26 bits per heavy atom. The van der Waals surface area contributed by atoms with Crippen molar-refractivity contribution >= 4 is 5.57 Å². The quantitative estimate of drug-likeness (QED) is 0.596. The van der Waals surface area contributed by atoms with Gasteiger partial charge < -0.3 is 0 Å². The molecule has 0 aliphatic heterocycles. The van der Waals surface area contributed by atoms with Gasteiger partial charge in [-0.15, -0.1) is 0 Å². The van der Waals surface area contributed by atoms with Crippen LogP contribution in [0, 0.1) is 0 Å². The Morgan fingerprint density at radius 2 is 1.74 bits per heavy atom. The summed E-state index contributed by atoms with van der Waals surface area (Å²) in [7, 11) is 0. The lowest BCUT2D eigenvalue weighted by molar-refractivity contribution is 0.564. The number of allylic oxidation sites excluding steroid dienone is 4. The smallest absolute Gasteiger partial charge is 0.0181 e. The van der Waals surface area contributed by atoms with E-state index in [1.807, 2.05) is 13.8 Å². The summed E-state index contributed by atoms with van der Waals surface area (Å²) in [4.78, 5) is 0. The number of rotatable bonds is 2. The molecule has 2 rings (SSSR count). The Morgan fingerprint density at radius 1 is 1.11 bits per heavy atom. The normalized spacial score (nSPS) is 25.2. The highest BCUT2D eigenvalue weighted by molar-refractivity contribution is 5.89. The summed E-state index contributed by atoms with van der Waals surface area (Å²) in [5.74, 6) is 0. The van der Waals surface area contributed by atoms with Gasteiger partial charge in [0.25, 0.3) is 0 Å². The molecule has 0 N–H and O–H groups in total. The van der Waals surface area contributed by atoms with E-state index in [1.165, 1.54) is 22.3 Å². The monoisotopic (exact) mass is 256 g/mol. The summed E-state index contributed by atoms with van der Waals surface area (Å²) in [6.07, 6.45) is 6.92. The zero-order valence-corrected chi connectivity index (χ0v) is 13.4. The minimum Gasteiger partial charge on any atom is -0.0829 e. The van der Waals surface area contributed by atoms with Gasteiger partial charge in [0.05, 0.1) is 0 Å². The molecule has 1 aromatic carbocycles. The van der Waals surface area contributed by atoms with Gasteiger partial charge in [-0.05, 0) is 42.0 Å². The summed E-state index contributed by atoms with van der Waals surface area (Å²) < 4.78 is 0. The molecular formula is C19H28. The topological polar surface area (TPSA) is 0 Å². The third-order valence-electron chi connectivity index (χ3n) is 4.10. The van der Waals surface area contributed by atoms with Gasteiger partial charge in [-0.25, -0.2) is 0 Å². The van der Waals surface area contributed by atoms with Gasteiger partial charge in [0.15, 0.2) is 0 Å². The van der Waals surface area contributed by atoms with Crippen LogP contribution in [0.15, 0.2) is 42.0 Å². The van der Waals surface area contributed by atoms with Gasteiger partial charge in [-0.3, -0.25) is 0 Å². The summed E-state index contributed by atoms with van der Waals surface area (Å²) >= 11 is 0. The maximum Gasteiger partial charge on any atom is 0.0181 e. The molecule has 0 saturated carbocycles. The molecule has 0 saturated heterocycles. The second-order valence-corrected chi connectivity index (χ2v) is 4.96. The van der Waals surface area contributed by atoms with Gasteiger partial charge in [-0.2, -0.15) is 0 Å². The Labute approximate surface area is 119 Å². The molecule has 0 aromatic heterocycles. The van der Waals surface area contributed by atoms with Crippen molar-refractivity contribution < 1.29 is 0 Å². The van der Waals surface area contributed by atoms with Crippen LogP contribution in [0.2, 0.25) is 0 Å². The molecule has 1 aromatic rings. The van der Waals surface area contributed by atoms with Gasteiger partial charge in [0, 0.05) is 5.41 Å². The van der Waals surface area contributed by atoms with Crippen molar-refractivity contribution in [1.82, 2.24) is 0 Å². The predicted molar refractivity (Wildman–Crippen MR) is 87.5 cm³/mol. The van der Waals surface area contributed by atoms with Crippen LogP contribution in [0.1, 0.15) is 65.5 Å². The highest BCUT2D eigenvalue weighted by Gasteiger charge is 2.39. The molecule has 0 nitrogen and oxygen atoms in total. The van der Waals surface area contributed by atoms with E-state index in [1.54, 1.807) is 0 Å². The molecule has 19 heavy (non-hydrogen) atoms. The fourth-order valence-corrected chi connectivity index (χ4v) is 3.07.